The first-order valence-corrected chi connectivity index (χ1v) is 19.2. The molecular formula is C53H32N4. The molecule has 4 heteroatoms. The first-order valence-electron chi connectivity index (χ1n) is 19.2. The minimum Gasteiger partial charge on any atom is -0.208 e. The van der Waals surface area contributed by atoms with Gasteiger partial charge in [0.2, 0.25) is 0 Å². The fraction of sp³-hybridized carbons (Fsp3) is 0.0189. The quantitative estimate of drug-likeness (QED) is 0.177. The third kappa shape index (κ3) is 5.10. The van der Waals surface area contributed by atoms with Gasteiger partial charge in [-0.2, -0.15) is 5.26 Å². The Hall–Kier alpha value is -7.74. The fourth-order valence-corrected chi connectivity index (χ4v) is 9.02. The van der Waals surface area contributed by atoms with Gasteiger partial charge in [0.05, 0.1) is 17.0 Å². The Balaban J connectivity index is 1.04. The average Bonchev–Trinajstić information content (AvgIpc) is 3.76. The van der Waals surface area contributed by atoms with Gasteiger partial charge >= 0.3 is 0 Å². The highest BCUT2D eigenvalue weighted by atomic mass is 15.0. The van der Waals surface area contributed by atoms with Gasteiger partial charge in [-0.3, -0.25) is 0 Å². The van der Waals surface area contributed by atoms with Crippen LogP contribution in [0.4, 0.5) is 0 Å². The highest BCUT2D eigenvalue weighted by Crippen LogP contribution is 2.63. The lowest BCUT2D eigenvalue weighted by Crippen LogP contribution is -2.25. The number of hydrogen-bond donors (Lipinski definition) is 0. The van der Waals surface area contributed by atoms with Crippen LogP contribution >= 0.6 is 0 Å². The van der Waals surface area contributed by atoms with E-state index in [1.54, 1.807) is 0 Å². The van der Waals surface area contributed by atoms with Crippen molar-refractivity contribution < 1.29 is 0 Å². The lowest BCUT2D eigenvalue weighted by atomic mass is 9.70. The zero-order valence-corrected chi connectivity index (χ0v) is 30.8. The summed E-state index contributed by atoms with van der Waals surface area (Å²) in [5.74, 6) is 1.86. The number of benzene rings is 8. The summed E-state index contributed by atoms with van der Waals surface area (Å²) in [6.45, 7) is 0. The van der Waals surface area contributed by atoms with Crippen molar-refractivity contribution in [3.63, 3.8) is 0 Å². The van der Waals surface area contributed by atoms with Crippen LogP contribution in [0.1, 0.15) is 27.8 Å². The number of nitriles is 1. The van der Waals surface area contributed by atoms with E-state index in [2.05, 4.69) is 158 Å². The molecule has 4 nitrogen and oxygen atoms in total. The molecule has 0 unspecified atom stereocenters. The SMILES string of the molecule is N#Cc1ccc2c(c1)C1(c3ccccc3-c3ccccc31)c1ccc(-c3cccc(-c4nc(-c5ccccc5)nc(-c5ccc(-c6ccccc6)cc5)n4)c3)cc1-2. The second-order valence-electron chi connectivity index (χ2n) is 14.7. The molecule has 2 aliphatic rings. The summed E-state index contributed by atoms with van der Waals surface area (Å²) >= 11 is 0. The summed E-state index contributed by atoms with van der Waals surface area (Å²) < 4.78 is 0. The molecule has 0 saturated heterocycles. The van der Waals surface area contributed by atoms with Crippen molar-refractivity contribution in [2.45, 2.75) is 5.41 Å². The minimum absolute atomic E-state index is 0.514. The molecule has 1 aromatic heterocycles. The Kier molecular flexibility index (Phi) is 7.42. The van der Waals surface area contributed by atoms with E-state index in [-0.39, 0.29) is 0 Å². The summed E-state index contributed by atoms with van der Waals surface area (Å²) in [6.07, 6.45) is 0. The van der Waals surface area contributed by atoms with Crippen LogP contribution in [0, 0.1) is 11.3 Å². The van der Waals surface area contributed by atoms with Gasteiger partial charge in [0.25, 0.3) is 0 Å². The van der Waals surface area contributed by atoms with Gasteiger partial charge in [-0.05, 0) is 91.0 Å². The molecule has 264 valence electrons. The number of nitrogens with zero attached hydrogens (tertiary/aromatic N) is 4. The number of hydrogen-bond acceptors (Lipinski definition) is 4. The molecule has 0 radical (unpaired) electrons. The maximum absolute atomic E-state index is 10.1. The molecule has 2 aliphatic carbocycles. The Morgan fingerprint density at radius 1 is 0.316 bits per heavy atom. The maximum atomic E-state index is 10.1. The molecule has 1 spiro atoms. The summed E-state index contributed by atoms with van der Waals surface area (Å²) in [6, 6.07) is 70.3. The molecule has 0 N–H and O–H groups in total. The lowest BCUT2D eigenvalue weighted by Gasteiger charge is -2.30. The molecular weight excluding hydrogens is 693 g/mol. The molecule has 0 saturated carbocycles. The zero-order chi connectivity index (χ0) is 37.9. The largest absolute Gasteiger partial charge is 0.208 e. The van der Waals surface area contributed by atoms with Crippen LogP contribution in [0.2, 0.25) is 0 Å². The van der Waals surface area contributed by atoms with Crippen LogP contribution in [0.15, 0.2) is 194 Å². The zero-order valence-electron chi connectivity index (χ0n) is 30.8. The Labute approximate surface area is 331 Å². The molecule has 0 atom stereocenters. The summed E-state index contributed by atoms with van der Waals surface area (Å²) in [5, 5.41) is 10.1. The first-order chi connectivity index (χ1) is 28.2. The van der Waals surface area contributed by atoms with Crippen molar-refractivity contribution in [2.24, 2.45) is 0 Å². The van der Waals surface area contributed by atoms with Gasteiger partial charge in [0.1, 0.15) is 0 Å². The van der Waals surface area contributed by atoms with Gasteiger partial charge in [-0.1, -0.05) is 170 Å². The topological polar surface area (TPSA) is 62.5 Å². The van der Waals surface area contributed by atoms with Gasteiger partial charge in [0, 0.05) is 16.7 Å². The van der Waals surface area contributed by atoms with Crippen LogP contribution < -0.4 is 0 Å². The van der Waals surface area contributed by atoms with E-state index < -0.39 is 5.41 Å². The van der Waals surface area contributed by atoms with Crippen LogP contribution in [0.3, 0.4) is 0 Å². The predicted molar refractivity (Wildman–Crippen MR) is 228 cm³/mol. The van der Waals surface area contributed by atoms with Crippen molar-refractivity contribution in [2.75, 3.05) is 0 Å². The second-order valence-corrected chi connectivity index (χ2v) is 14.7. The number of rotatable bonds is 5. The number of aromatic nitrogens is 3. The highest BCUT2D eigenvalue weighted by Gasteiger charge is 2.51. The average molecular weight is 725 g/mol. The minimum atomic E-state index is -0.514. The van der Waals surface area contributed by atoms with E-state index in [1.165, 1.54) is 33.4 Å². The Morgan fingerprint density at radius 2 is 0.772 bits per heavy atom. The van der Waals surface area contributed by atoms with E-state index in [0.717, 1.165) is 50.1 Å². The van der Waals surface area contributed by atoms with Crippen molar-refractivity contribution in [3.8, 4) is 84.7 Å². The molecule has 0 bridgehead atoms. The highest BCUT2D eigenvalue weighted by molar-refractivity contribution is 5.96. The van der Waals surface area contributed by atoms with Crippen molar-refractivity contribution in [1.29, 1.82) is 5.26 Å². The van der Waals surface area contributed by atoms with Crippen LogP contribution in [0.25, 0.3) is 78.7 Å². The Morgan fingerprint density at radius 3 is 1.44 bits per heavy atom. The van der Waals surface area contributed by atoms with Gasteiger partial charge in [0.15, 0.2) is 17.5 Å². The fourth-order valence-electron chi connectivity index (χ4n) is 9.02. The third-order valence-corrected chi connectivity index (χ3v) is 11.6. The van der Waals surface area contributed by atoms with Crippen molar-refractivity contribution in [1.82, 2.24) is 15.0 Å². The van der Waals surface area contributed by atoms with E-state index in [4.69, 9.17) is 15.0 Å². The maximum Gasteiger partial charge on any atom is 0.164 e. The normalized spacial score (nSPS) is 12.7. The number of fused-ring (bicyclic) bond motifs is 10. The summed E-state index contributed by atoms with van der Waals surface area (Å²) in [7, 11) is 0. The van der Waals surface area contributed by atoms with Crippen molar-refractivity contribution >= 4 is 0 Å². The predicted octanol–water partition coefficient (Wildman–Crippen LogP) is 12.4. The summed E-state index contributed by atoms with van der Waals surface area (Å²) in [5.41, 5.74) is 17.1. The molecule has 8 aromatic carbocycles. The van der Waals surface area contributed by atoms with Crippen molar-refractivity contribution in [3.05, 3.63) is 222 Å². The van der Waals surface area contributed by atoms with Gasteiger partial charge < -0.3 is 0 Å². The van der Waals surface area contributed by atoms with E-state index in [1.807, 2.05) is 42.5 Å². The molecule has 1 heterocycles. The first kappa shape index (κ1) is 32.7. The standard InChI is InChI=1S/C53H32N4/c54-33-34-22-28-44-45-32-40(27-29-48(45)53(49(44)30-34)46-20-9-7-18-42(46)43-19-8-10-21-47(43)53)39-16-11-17-41(31-39)52-56-50(37-14-5-2-6-15-37)55-51(57-52)38-25-23-36(24-26-38)35-12-3-1-4-13-35/h1-32H. The summed E-state index contributed by atoms with van der Waals surface area (Å²) in [4.78, 5) is 15.1. The van der Waals surface area contributed by atoms with E-state index in [0.29, 0.717) is 23.0 Å². The monoisotopic (exact) mass is 724 g/mol. The molecule has 9 aromatic rings. The van der Waals surface area contributed by atoms with Crippen LogP contribution in [-0.2, 0) is 5.41 Å². The smallest absolute Gasteiger partial charge is 0.164 e. The molecule has 57 heavy (non-hydrogen) atoms. The van der Waals surface area contributed by atoms with Gasteiger partial charge in [-0.25, -0.2) is 15.0 Å². The molecule has 0 fully saturated rings. The molecule has 0 aliphatic heterocycles. The van der Waals surface area contributed by atoms with Crippen LogP contribution in [-0.4, -0.2) is 15.0 Å². The lowest BCUT2D eigenvalue weighted by molar-refractivity contribution is 0.793. The Bertz CT molecular complexity index is 3030. The van der Waals surface area contributed by atoms with Gasteiger partial charge in [-0.15, -0.1) is 0 Å². The van der Waals surface area contributed by atoms with Crippen LogP contribution in [0.5, 0.6) is 0 Å². The second kappa shape index (κ2) is 12.9. The molecule has 0 amide bonds. The van der Waals surface area contributed by atoms with E-state index >= 15 is 0 Å². The molecule has 11 rings (SSSR count). The van der Waals surface area contributed by atoms with E-state index in [9.17, 15) is 5.26 Å². The third-order valence-electron chi connectivity index (χ3n) is 11.6.